The fraction of sp³-hybridized carbons (Fsp3) is 0.562. The van der Waals surface area contributed by atoms with E-state index in [4.69, 9.17) is 11.6 Å². The molecule has 2 aliphatic rings. The lowest BCUT2D eigenvalue weighted by Gasteiger charge is -2.43. The number of halogens is 2. The van der Waals surface area contributed by atoms with Crippen molar-refractivity contribution in [2.24, 2.45) is 0 Å². The number of rotatable bonds is 3. The van der Waals surface area contributed by atoms with Gasteiger partial charge in [0, 0.05) is 24.2 Å². The summed E-state index contributed by atoms with van der Waals surface area (Å²) in [6.45, 7) is 3.84. The number of sulfone groups is 1. The predicted octanol–water partition coefficient (Wildman–Crippen LogP) is 1.81. The molecule has 5 nitrogen and oxygen atoms in total. The van der Waals surface area contributed by atoms with Crippen LogP contribution in [0.25, 0.3) is 0 Å². The van der Waals surface area contributed by atoms with Gasteiger partial charge in [-0.2, -0.15) is 0 Å². The van der Waals surface area contributed by atoms with Gasteiger partial charge in [-0.1, -0.05) is 18.5 Å². The van der Waals surface area contributed by atoms with Crippen molar-refractivity contribution in [2.45, 2.75) is 25.4 Å². The number of nitrogens with zero attached hydrogens (tertiary/aromatic N) is 2. The molecule has 2 heterocycles. The van der Waals surface area contributed by atoms with Crippen molar-refractivity contribution < 1.29 is 17.6 Å². The van der Waals surface area contributed by atoms with E-state index in [1.54, 1.807) is 0 Å². The van der Waals surface area contributed by atoms with Crippen LogP contribution in [0.3, 0.4) is 0 Å². The van der Waals surface area contributed by atoms with Gasteiger partial charge in [-0.25, -0.2) is 12.8 Å². The molecule has 0 radical (unpaired) electrons. The SMILES string of the molecule is CCCN1CCN(C(=O)c2ccc(Cl)cc2F)[C@H]2CS(=O)(=O)C[C@H]21. The van der Waals surface area contributed by atoms with Gasteiger partial charge in [0.1, 0.15) is 5.82 Å². The highest BCUT2D eigenvalue weighted by atomic mass is 35.5. The highest BCUT2D eigenvalue weighted by Crippen LogP contribution is 2.29. The highest BCUT2D eigenvalue weighted by molar-refractivity contribution is 7.91. The van der Waals surface area contributed by atoms with Gasteiger partial charge in [0.15, 0.2) is 9.84 Å². The lowest BCUT2D eigenvalue weighted by atomic mass is 10.0. The molecule has 0 aliphatic carbocycles. The van der Waals surface area contributed by atoms with Gasteiger partial charge in [0.25, 0.3) is 5.91 Å². The van der Waals surface area contributed by atoms with Gasteiger partial charge < -0.3 is 4.90 Å². The van der Waals surface area contributed by atoms with E-state index in [9.17, 15) is 17.6 Å². The topological polar surface area (TPSA) is 57.7 Å². The second-order valence-corrected chi connectivity index (χ2v) is 8.96. The van der Waals surface area contributed by atoms with Gasteiger partial charge in [-0.05, 0) is 31.2 Å². The fourth-order valence-corrected chi connectivity index (χ4v) is 5.83. The van der Waals surface area contributed by atoms with Crippen LogP contribution in [0.4, 0.5) is 4.39 Å². The van der Waals surface area contributed by atoms with Crippen molar-refractivity contribution >= 4 is 27.3 Å². The average molecular weight is 375 g/mol. The zero-order valence-corrected chi connectivity index (χ0v) is 15.0. The number of carbonyl (C=O) groups is 1. The smallest absolute Gasteiger partial charge is 0.257 e. The average Bonchev–Trinajstić information content (AvgIpc) is 2.82. The molecule has 1 aromatic rings. The van der Waals surface area contributed by atoms with E-state index in [2.05, 4.69) is 4.90 Å². The van der Waals surface area contributed by atoms with Gasteiger partial charge in [-0.15, -0.1) is 0 Å². The zero-order chi connectivity index (χ0) is 17.5. The Morgan fingerprint density at radius 3 is 2.67 bits per heavy atom. The molecular formula is C16H20ClFN2O3S. The van der Waals surface area contributed by atoms with Crippen LogP contribution in [0, 0.1) is 5.82 Å². The molecule has 1 aromatic carbocycles. The lowest BCUT2D eigenvalue weighted by molar-refractivity contribution is 0.0329. The molecule has 132 valence electrons. The Bertz CT molecular complexity index is 756. The van der Waals surface area contributed by atoms with Crippen LogP contribution in [0.2, 0.25) is 5.02 Å². The summed E-state index contributed by atoms with van der Waals surface area (Å²) >= 11 is 5.74. The first-order chi connectivity index (χ1) is 11.3. The second kappa shape index (κ2) is 6.61. The van der Waals surface area contributed by atoms with Crippen LogP contribution in [0.5, 0.6) is 0 Å². The molecule has 24 heavy (non-hydrogen) atoms. The number of benzene rings is 1. The van der Waals surface area contributed by atoms with Gasteiger partial charge in [0.2, 0.25) is 0 Å². The molecule has 0 aromatic heterocycles. The first-order valence-corrected chi connectivity index (χ1v) is 10.2. The predicted molar refractivity (Wildman–Crippen MR) is 90.5 cm³/mol. The number of hydrogen-bond donors (Lipinski definition) is 0. The Kier molecular flexibility index (Phi) is 4.86. The first-order valence-electron chi connectivity index (χ1n) is 8.03. The number of amides is 1. The maximum atomic E-state index is 14.1. The molecular weight excluding hydrogens is 355 g/mol. The largest absolute Gasteiger partial charge is 0.332 e. The van der Waals surface area contributed by atoms with E-state index in [-0.39, 0.29) is 28.1 Å². The summed E-state index contributed by atoms with van der Waals surface area (Å²) in [4.78, 5) is 16.4. The molecule has 0 N–H and O–H groups in total. The van der Waals surface area contributed by atoms with E-state index >= 15 is 0 Å². The third kappa shape index (κ3) is 3.30. The van der Waals surface area contributed by atoms with Crippen molar-refractivity contribution in [3.63, 3.8) is 0 Å². The summed E-state index contributed by atoms with van der Waals surface area (Å²) in [6.07, 6.45) is 0.920. The summed E-state index contributed by atoms with van der Waals surface area (Å²) in [5, 5.41) is 0.220. The van der Waals surface area contributed by atoms with Gasteiger partial charge in [-0.3, -0.25) is 9.69 Å². The maximum Gasteiger partial charge on any atom is 0.257 e. The Morgan fingerprint density at radius 1 is 1.29 bits per heavy atom. The van der Waals surface area contributed by atoms with E-state index in [0.29, 0.717) is 13.1 Å². The minimum atomic E-state index is -3.20. The lowest BCUT2D eigenvalue weighted by Crippen LogP contribution is -2.60. The van der Waals surface area contributed by atoms with E-state index in [1.807, 2.05) is 6.92 Å². The molecule has 1 amide bonds. The molecule has 3 rings (SSSR count). The summed E-state index contributed by atoms with van der Waals surface area (Å²) in [7, 11) is -3.20. The van der Waals surface area contributed by atoms with Crippen LogP contribution in [-0.4, -0.2) is 67.3 Å². The van der Waals surface area contributed by atoms with Gasteiger partial charge >= 0.3 is 0 Å². The molecule has 2 atom stereocenters. The fourth-order valence-electron chi connectivity index (χ4n) is 3.66. The summed E-state index contributed by atoms with van der Waals surface area (Å²) in [5.74, 6) is -1.14. The number of carbonyl (C=O) groups excluding carboxylic acids is 1. The monoisotopic (exact) mass is 374 g/mol. The molecule has 0 bridgehead atoms. The van der Waals surface area contributed by atoms with Crippen LogP contribution >= 0.6 is 11.6 Å². The molecule has 8 heteroatoms. The number of piperazine rings is 1. The summed E-state index contributed by atoms with van der Waals surface area (Å²) in [5.41, 5.74) is -0.0635. The number of fused-ring (bicyclic) bond motifs is 1. The zero-order valence-electron chi connectivity index (χ0n) is 13.4. The Hall–Kier alpha value is -1.18. The van der Waals surface area contributed by atoms with Crippen molar-refractivity contribution in [2.75, 3.05) is 31.1 Å². The summed E-state index contributed by atoms with van der Waals surface area (Å²) in [6, 6.07) is 3.30. The minimum Gasteiger partial charge on any atom is -0.332 e. The van der Waals surface area contributed by atoms with Crippen LogP contribution in [0.15, 0.2) is 18.2 Å². The minimum absolute atomic E-state index is 0.0567. The Labute approximate surface area is 146 Å². The second-order valence-electron chi connectivity index (χ2n) is 6.37. The van der Waals surface area contributed by atoms with E-state index < -0.39 is 27.6 Å². The molecule has 0 spiro atoms. The van der Waals surface area contributed by atoms with E-state index in [0.717, 1.165) is 19.0 Å². The van der Waals surface area contributed by atoms with Crippen molar-refractivity contribution in [1.82, 2.24) is 9.80 Å². The molecule has 2 saturated heterocycles. The van der Waals surface area contributed by atoms with Crippen molar-refractivity contribution in [1.29, 1.82) is 0 Å². The van der Waals surface area contributed by atoms with Crippen LogP contribution in [0.1, 0.15) is 23.7 Å². The van der Waals surface area contributed by atoms with Crippen molar-refractivity contribution in [3.05, 3.63) is 34.6 Å². The molecule has 2 aliphatic heterocycles. The molecule has 0 unspecified atom stereocenters. The third-order valence-corrected chi connectivity index (χ3v) is 6.66. The quantitative estimate of drug-likeness (QED) is 0.809. The highest BCUT2D eigenvalue weighted by Gasteiger charge is 2.48. The maximum absolute atomic E-state index is 14.1. The third-order valence-electron chi connectivity index (χ3n) is 4.72. The van der Waals surface area contributed by atoms with Crippen LogP contribution in [-0.2, 0) is 9.84 Å². The standard InChI is InChI=1S/C16H20ClFN2O3S/c1-2-5-19-6-7-20(15-10-24(22,23)9-14(15)19)16(21)12-4-3-11(17)8-13(12)18/h3-4,8,14-15H,2,5-7,9-10H2,1H3/t14-,15+/m1/s1. The first kappa shape index (κ1) is 17.6. The van der Waals surface area contributed by atoms with Gasteiger partial charge in [0.05, 0.1) is 23.1 Å². The van der Waals surface area contributed by atoms with E-state index in [1.165, 1.54) is 17.0 Å². The normalized spacial score (nSPS) is 26.4. The van der Waals surface area contributed by atoms with Crippen LogP contribution < -0.4 is 0 Å². The molecule has 2 fully saturated rings. The summed E-state index contributed by atoms with van der Waals surface area (Å²) < 4.78 is 38.3. The van der Waals surface area contributed by atoms with Crippen molar-refractivity contribution in [3.8, 4) is 0 Å². The molecule has 0 saturated carbocycles. The Morgan fingerprint density at radius 2 is 2.00 bits per heavy atom. The Balaban J connectivity index is 1.89. The number of hydrogen-bond acceptors (Lipinski definition) is 4.